The summed E-state index contributed by atoms with van der Waals surface area (Å²) in [5.41, 5.74) is 0. The Morgan fingerprint density at radius 2 is 2.36 bits per heavy atom. The lowest BCUT2D eigenvalue weighted by atomic mass is 10.0. The number of nitrogens with zero attached hydrogens (tertiary/aromatic N) is 1. The van der Waals surface area contributed by atoms with Crippen LogP contribution in [0.5, 0.6) is 0 Å². The van der Waals surface area contributed by atoms with E-state index >= 15 is 0 Å². The fraction of sp³-hybridized carbons (Fsp3) is 0.909. The maximum atomic E-state index is 11.3. The van der Waals surface area contributed by atoms with Crippen LogP contribution in [-0.4, -0.2) is 44.0 Å². The first-order chi connectivity index (χ1) is 6.76. The van der Waals surface area contributed by atoms with E-state index in [0.717, 1.165) is 19.0 Å². The van der Waals surface area contributed by atoms with Gasteiger partial charge in [-0.1, -0.05) is 13.3 Å². The summed E-state index contributed by atoms with van der Waals surface area (Å²) in [6.07, 6.45) is 3.81. The first-order valence-corrected chi connectivity index (χ1v) is 5.49. The number of likely N-dealkylation sites (tertiary alicyclic amines) is 1. The molecular weight excluding hydrogens is 178 g/mol. The normalized spacial score (nSPS) is 22.9. The molecule has 82 valence electrons. The van der Waals surface area contributed by atoms with E-state index in [1.165, 1.54) is 19.3 Å². The summed E-state index contributed by atoms with van der Waals surface area (Å²) >= 11 is 0. The Balaban J connectivity index is 2.18. The number of carbonyl (C=O) groups excluding carboxylic acids is 1. The van der Waals surface area contributed by atoms with Gasteiger partial charge in [-0.3, -0.25) is 9.69 Å². The molecule has 0 saturated carbocycles. The third-order valence-corrected chi connectivity index (χ3v) is 2.77. The number of Topliss-reactive ketones (excluding diaryl/α,β-unsaturated/α-hetero) is 1. The number of carbonyl (C=O) groups is 1. The maximum Gasteiger partial charge on any atom is 0.172 e. The predicted octanol–water partition coefficient (Wildman–Crippen LogP) is 1.32. The summed E-state index contributed by atoms with van der Waals surface area (Å²) in [7, 11) is 1.57. The van der Waals surface area contributed by atoms with Crippen molar-refractivity contribution in [2.45, 2.75) is 26.2 Å². The van der Waals surface area contributed by atoms with Crippen molar-refractivity contribution in [2.24, 2.45) is 5.92 Å². The molecule has 0 radical (unpaired) electrons. The Morgan fingerprint density at radius 1 is 1.57 bits per heavy atom. The van der Waals surface area contributed by atoms with Crippen LogP contribution in [0.15, 0.2) is 0 Å². The molecular formula is C11H21NO2. The summed E-state index contributed by atoms with van der Waals surface area (Å²) in [5.74, 6) is 1.01. The van der Waals surface area contributed by atoms with E-state index in [4.69, 9.17) is 4.74 Å². The standard InChI is InChI=1S/C11H21NO2/c1-3-4-10-5-6-12(7-10)8-11(13)9-14-2/h10H,3-9H2,1-2H3. The van der Waals surface area contributed by atoms with Crippen LogP contribution in [0.4, 0.5) is 0 Å². The number of rotatable bonds is 6. The first kappa shape index (κ1) is 11.7. The van der Waals surface area contributed by atoms with Gasteiger partial charge in [-0.05, 0) is 25.3 Å². The molecule has 1 rings (SSSR count). The second kappa shape index (κ2) is 6.14. The zero-order valence-corrected chi connectivity index (χ0v) is 9.29. The molecule has 0 aromatic carbocycles. The van der Waals surface area contributed by atoms with Crippen molar-refractivity contribution >= 4 is 5.78 Å². The first-order valence-electron chi connectivity index (χ1n) is 5.49. The average Bonchev–Trinajstić information content (AvgIpc) is 2.53. The third-order valence-electron chi connectivity index (χ3n) is 2.77. The van der Waals surface area contributed by atoms with Gasteiger partial charge in [0, 0.05) is 13.7 Å². The van der Waals surface area contributed by atoms with E-state index in [-0.39, 0.29) is 12.4 Å². The van der Waals surface area contributed by atoms with E-state index in [9.17, 15) is 4.79 Å². The Hall–Kier alpha value is -0.410. The van der Waals surface area contributed by atoms with Gasteiger partial charge in [0.1, 0.15) is 6.61 Å². The molecule has 14 heavy (non-hydrogen) atoms. The third kappa shape index (κ3) is 3.76. The van der Waals surface area contributed by atoms with Crippen molar-refractivity contribution in [1.29, 1.82) is 0 Å². The molecule has 1 atom stereocenters. The van der Waals surface area contributed by atoms with E-state index in [1.54, 1.807) is 7.11 Å². The van der Waals surface area contributed by atoms with Gasteiger partial charge in [-0.2, -0.15) is 0 Å². The van der Waals surface area contributed by atoms with E-state index in [1.807, 2.05) is 0 Å². The Morgan fingerprint density at radius 3 is 3.00 bits per heavy atom. The van der Waals surface area contributed by atoms with Gasteiger partial charge in [0.25, 0.3) is 0 Å². The lowest BCUT2D eigenvalue weighted by Gasteiger charge is -2.14. The van der Waals surface area contributed by atoms with Crippen LogP contribution in [0.25, 0.3) is 0 Å². The van der Waals surface area contributed by atoms with Gasteiger partial charge in [0.05, 0.1) is 6.54 Å². The number of ketones is 1. The summed E-state index contributed by atoms with van der Waals surface area (Å²) in [5, 5.41) is 0. The molecule has 0 aromatic heterocycles. The van der Waals surface area contributed by atoms with Gasteiger partial charge in [0.15, 0.2) is 5.78 Å². The van der Waals surface area contributed by atoms with Crippen LogP contribution in [0.3, 0.4) is 0 Å². The van der Waals surface area contributed by atoms with Crippen molar-refractivity contribution in [3.63, 3.8) is 0 Å². The Bertz CT molecular complexity index is 182. The highest BCUT2D eigenvalue weighted by Gasteiger charge is 2.22. The Labute approximate surface area is 86.4 Å². The van der Waals surface area contributed by atoms with Crippen molar-refractivity contribution in [3.8, 4) is 0 Å². The highest BCUT2D eigenvalue weighted by molar-refractivity contribution is 5.81. The number of hydrogen-bond donors (Lipinski definition) is 0. The maximum absolute atomic E-state index is 11.3. The Kier molecular flexibility index (Phi) is 5.12. The monoisotopic (exact) mass is 199 g/mol. The minimum Gasteiger partial charge on any atom is -0.377 e. The summed E-state index contributed by atoms with van der Waals surface area (Å²) in [6.45, 7) is 5.24. The van der Waals surface area contributed by atoms with Gasteiger partial charge in [0.2, 0.25) is 0 Å². The molecule has 3 heteroatoms. The van der Waals surface area contributed by atoms with Crippen LogP contribution in [0.2, 0.25) is 0 Å². The second-order valence-electron chi connectivity index (χ2n) is 4.15. The molecule has 0 N–H and O–H groups in total. The molecule has 0 amide bonds. The van der Waals surface area contributed by atoms with Crippen LogP contribution in [0, 0.1) is 5.92 Å². The molecule has 0 aromatic rings. The summed E-state index contributed by atoms with van der Waals surface area (Å²) < 4.78 is 4.81. The van der Waals surface area contributed by atoms with Crippen molar-refractivity contribution in [2.75, 3.05) is 33.4 Å². The highest BCUT2D eigenvalue weighted by atomic mass is 16.5. The van der Waals surface area contributed by atoms with E-state index in [2.05, 4.69) is 11.8 Å². The van der Waals surface area contributed by atoms with Gasteiger partial charge >= 0.3 is 0 Å². The minimum atomic E-state index is 0.199. The lowest BCUT2D eigenvalue weighted by molar-refractivity contribution is -0.123. The fourth-order valence-electron chi connectivity index (χ4n) is 2.16. The molecule has 1 saturated heterocycles. The molecule has 1 fully saturated rings. The summed E-state index contributed by atoms with van der Waals surface area (Å²) in [6, 6.07) is 0. The van der Waals surface area contributed by atoms with E-state index < -0.39 is 0 Å². The molecule has 0 aliphatic carbocycles. The molecule has 0 spiro atoms. The van der Waals surface area contributed by atoms with Crippen molar-refractivity contribution in [3.05, 3.63) is 0 Å². The molecule has 0 bridgehead atoms. The molecule has 1 heterocycles. The summed E-state index contributed by atoms with van der Waals surface area (Å²) in [4.78, 5) is 13.5. The zero-order valence-electron chi connectivity index (χ0n) is 9.29. The van der Waals surface area contributed by atoms with Gasteiger partial charge in [-0.25, -0.2) is 0 Å². The predicted molar refractivity (Wildman–Crippen MR) is 56.3 cm³/mol. The highest BCUT2D eigenvalue weighted by Crippen LogP contribution is 2.20. The fourth-order valence-corrected chi connectivity index (χ4v) is 2.16. The van der Waals surface area contributed by atoms with Crippen molar-refractivity contribution < 1.29 is 9.53 Å². The quantitative estimate of drug-likeness (QED) is 0.646. The van der Waals surface area contributed by atoms with Crippen LogP contribution < -0.4 is 0 Å². The van der Waals surface area contributed by atoms with Gasteiger partial charge < -0.3 is 4.74 Å². The SMILES string of the molecule is CCCC1CCN(CC(=O)COC)C1. The molecule has 1 aliphatic rings. The number of ether oxygens (including phenoxy) is 1. The van der Waals surface area contributed by atoms with E-state index in [0.29, 0.717) is 6.54 Å². The average molecular weight is 199 g/mol. The minimum absolute atomic E-state index is 0.199. The molecule has 1 unspecified atom stereocenters. The van der Waals surface area contributed by atoms with Gasteiger partial charge in [-0.15, -0.1) is 0 Å². The van der Waals surface area contributed by atoms with Crippen LogP contribution in [0.1, 0.15) is 26.2 Å². The largest absolute Gasteiger partial charge is 0.377 e. The second-order valence-corrected chi connectivity index (χ2v) is 4.15. The van der Waals surface area contributed by atoms with Crippen LogP contribution in [-0.2, 0) is 9.53 Å². The van der Waals surface area contributed by atoms with Crippen LogP contribution >= 0.6 is 0 Å². The van der Waals surface area contributed by atoms with Crippen molar-refractivity contribution in [1.82, 2.24) is 4.90 Å². The zero-order chi connectivity index (χ0) is 10.4. The number of methoxy groups -OCH3 is 1. The molecule has 3 nitrogen and oxygen atoms in total. The topological polar surface area (TPSA) is 29.5 Å². The lowest BCUT2D eigenvalue weighted by Crippen LogP contribution is -2.29. The smallest absolute Gasteiger partial charge is 0.172 e. The number of hydrogen-bond acceptors (Lipinski definition) is 3. The molecule has 1 aliphatic heterocycles.